The second-order valence-electron chi connectivity index (χ2n) is 12.8. The van der Waals surface area contributed by atoms with Crippen LogP contribution in [0, 0.1) is 0 Å². The molecule has 1 fully saturated rings. The van der Waals surface area contributed by atoms with Crippen LogP contribution in [-0.2, 0) is 67.5 Å². The van der Waals surface area contributed by atoms with E-state index in [1.54, 1.807) is 0 Å². The molecule has 1 saturated heterocycles. The van der Waals surface area contributed by atoms with E-state index in [9.17, 15) is 37.2 Å². The second-order valence-corrected chi connectivity index (χ2v) is 14.0. The van der Waals surface area contributed by atoms with E-state index in [4.69, 9.17) is 66.0 Å². The lowest BCUT2D eigenvalue weighted by Gasteiger charge is -2.43. The number of amides is 1. The van der Waals surface area contributed by atoms with Gasteiger partial charge in [0.05, 0.1) is 59.4 Å². The van der Waals surface area contributed by atoms with Gasteiger partial charge in [-0.15, -0.1) is 8.42 Å². The molecule has 0 aromatic heterocycles. The Hall–Kier alpha value is -6.44. The fraction of sp³-hybridized carbons (Fsp3) is 0.526. The molecule has 26 heteroatoms. The predicted octanol–water partition coefficient (Wildman–Crippen LogP) is 1.77. The fourth-order valence-corrected chi connectivity index (χ4v) is 6.29. The first-order valence-electron chi connectivity index (χ1n) is 19.0. The largest absolute Gasteiger partial charge is 0.501 e. The molecular formula is C38H48N4O21S. The summed E-state index contributed by atoms with van der Waals surface area (Å²) in [4.78, 5) is 76.3. The summed E-state index contributed by atoms with van der Waals surface area (Å²) in [7, 11) is -2.77. The molecule has 2 aromatic rings. The number of carbonyl (C=O) groups excluding carboxylic acids is 6. The van der Waals surface area contributed by atoms with E-state index in [0.717, 1.165) is 52.0 Å². The van der Waals surface area contributed by atoms with Gasteiger partial charge in [0.25, 0.3) is 5.91 Å². The van der Waals surface area contributed by atoms with Crippen LogP contribution in [0.25, 0.3) is 10.4 Å². The van der Waals surface area contributed by atoms with Crippen molar-refractivity contribution in [3.05, 3.63) is 51.9 Å². The van der Waals surface area contributed by atoms with Crippen molar-refractivity contribution < 1.29 is 97.7 Å². The van der Waals surface area contributed by atoms with Crippen molar-refractivity contribution in [3.8, 4) is 28.7 Å². The zero-order valence-corrected chi connectivity index (χ0v) is 36.4. The van der Waals surface area contributed by atoms with E-state index in [2.05, 4.69) is 15.3 Å². The molecule has 0 spiro atoms. The summed E-state index contributed by atoms with van der Waals surface area (Å²) >= 11 is 0. The molecule has 0 saturated carbocycles. The summed E-state index contributed by atoms with van der Waals surface area (Å²) < 4.78 is 97.3. The van der Waals surface area contributed by atoms with Crippen LogP contribution < -0.4 is 27.9 Å². The third-order valence-electron chi connectivity index (χ3n) is 8.10. The molecule has 1 aliphatic rings. The highest BCUT2D eigenvalue weighted by atomic mass is 32.3. The van der Waals surface area contributed by atoms with Crippen molar-refractivity contribution in [1.82, 2.24) is 5.32 Å². The molecule has 352 valence electrons. The first kappa shape index (κ1) is 51.9. The molecule has 0 bridgehead atoms. The van der Waals surface area contributed by atoms with Crippen molar-refractivity contribution in [2.75, 3.05) is 73.6 Å². The molecule has 1 aliphatic heterocycles. The Morgan fingerprint density at radius 1 is 0.750 bits per heavy atom. The lowest BCUT2D eigenvalue weighted by atomic mass is 9.98. The Bertz CT molecular complexity index is 2070. The maximum atomic E-state index is 13.5. The van der Waals surface area contributed by atoms with Crippen LogP contribution in [0.5, 0.6) is 28.7 Å². The number of esters is 4. The summed E-state index contributed by atoms with van der Waals surface area (Å²) in [6.07, 6.45) is -7.83. The summed E-state index contributed by atoms with van der Waals surface area (Å²) in [5, 5.41) is 5.94. The highest BCUT2D eigenvalue weighted by molar-refractivity contribution is 7.82. The number of nitrogens with zero attached hydrogens (tertiary/aromatic N) is 3. The van der Waals surface area contributed by atoms with E-state index in [0.29, 0.717) is 6.29 Å². The summed E-state index contributed by atoms with van der Waals surface area (Å²) in [6, 6.07) is 5.37. The molecule has 1 heterocycles. The van der Waals surface area contributed by atoms with Crippen molar-refractivity contribution in [1.29, 1.82) is 0 Å². The first-order chi connectivity index (χ1) is 30.5. The molecule has 2 aromatic carbocycles. The van der Waals surface area contributed by atoms with Crippen LogP contribution in [-0.4, -0.2) is 149 Å². The Kier molecular flexibility index (Phi) is 21.3. The number of hydrogen-bond acceptors (Lipinski definition) is 22. The lowest BCUT2D eigenvalue weighted by molar-refractivity contribution is -0.288. The number of hydrogen-bond donors (Lipinski definition) is 1. The van der Waals surface area contributed by atoms with Gasteiger partial charge in [-0.2, -0.15) is 0 Å². The fourth-order valence-electron chi connectivity index (χ4n) is 5.58. The quantitative estimate of drug-likeness (QED) is 0.0254. The Morgan fingerprint density at radius 3 is 1.89 bits per heavy atom. The van der Waals surface area contributed by atoms with Crippen LogP contribution in [0.4, 0.5) is 0 Å². The minimum absolute atomic E-state index is 0.0115. The van der Waals surface area contributed by atoms with Crippen molar-refractivity contribution in [2.24, 2.45) is 5.11 Å². The highest BCUT2D eigenvalue weighted by Crippen LogP contribution is 2.37. The number of aldehydes is 1. The molecule has 25 nitrogen and oxygen atoms in total. The van der Waals surface area contributed by atoms with E-state index in [1.165, 1.54) is 20.3 Å². The number of carbonyl (C=O) groups is 6. The summed E-state index contributed by atoms with van der Waals surface area (Å²) in [6.45, 7) is 4.94. The smallest absolute Gasteiger partial charge is 0.496 e. The van der Waals surface area contributed by atoms with Crippen LogP contribution in [0.2, 0.25) is 0 Å². The van der Waals surface area contributed by atoms with Gasteiger partial charge in [0.2, 0.25) is 12.4 Å². The third kappa shape index (κ3) is 17.0. The van der Waals surface area contributed by atoms with Gasteiger partial charge in [-0.25, -0.2) is 0 Å². The first-order valence-corrected chi connectivity index (χ1v) is 20.3. The second kappa shape index (κ2) is 26.2. The Morgan fingerprint density at radius 2 is 1.33 bits per heavy atom. The molecule has 5 atom stereocenters. The van der Waals surface area contributed by atoms with E-state index in [-0.39, 0.29) is 75.4 Å². The zero-order chi connectivity index (χ0) is 47.2. The number of methoxy groups -OCH3 is 2. The van der Waals surface area contributed by atoms with Crippen LogP contribution >= 0.6 is 0 Å². The predicted molar refractivity (Wildman–Crippen MR) is 213 cm³/mol. The monoisotopic (exact) mass is 928 g/mol. The minimum atomic E-state index is -5.19. The lowest BCUT2D eigenvalue weighted by Crippen LogP contribution is -2.63. The normalized spacial score (nSPS) is 17.9. The van der Waals surface area contributed by atoms with Gasteiger partial charge < -0.3 is 65.8 Å². The minimum Gasteiger partial charge on any atom is -0.496 e. The maximum Gasteiger partial charge on any atom is 0.501 e. The molecule has 64 heavy (non-hydrogen) atoms. The van der Waals surface area contributed by atoms with Gasteiger partial charge in [0.15, 0.2) is 35.7 Å². The van der Waals surface area contributed by atoms with Crippen LogP contribution in [0.15, 0.2) is 35.4 Å². The molecule has 1 amide bonds. The molecular weight excluding hydrogens is 880 g/mol. The van der Waals surface area contributed by atoms with Gasteiger partial charge >= 0.3 is 34.3 Å². The van der Waals surface area contributed by atoms with Gasteiger partial charge in [-0.05, 0) is 23.7 Å². The van der Waals surface area contributed by atoms with Gasteiger partial charge in [0, 0.05) is 63.4 Å². The average molecular weight is 929 g/mol. The maximum absolute atomic E-state index is 13.5. The zero-order valence-electron chi connectivity index (χ0n) is 35.5. The van der Waals surface area contributed by atoms with Gasteiger partial charge in [-0.1, -0.05) is 5.11 Å². The standard InChI is InChI=1S/C38H48N4O21S/c1-22(44)56-21-33-34(57-23(2)45)35(58-24(3)46)36(59-25(4)47)38(61-33)60-29-8-7-26(37(48)40-9-11-53-13-15-55-16-14-54-12-10-41-42-39)17-32(29)63-64(49,50)62-27-18-30(51-5)28(20-43)31(19-27)52-6/h7-8,17-20,33-36,38H,9-16,21H2,1-6H3,(H,40,48)/t33-,34+,35+,36-,38?/m1/s1. The number of azide groups is 1. The van der Waals surface area contributed by atoms with E-state index >= 15 is 0 Å². The third-order valence-corrected chi connectivity index (χ3v) is 8.88. The Balaban J connectivity index is 1.94. The van der Waals surface area contributed by atoms with E-state index < -0.39 is 94.7 Å². The van der Waals surface area contributed by atoms with Crippen molar-refractivity contribution >= 4 is 46.5 Å². The molecule has 1 unspecified atom stereocenters. The summed E-state index contributed by atoms with van der Waals surface area (Å²) in [5.41, 5.74) is 8.02. The number of nitrogens with one attached hydrogen (secondary N) is 1. The molecule has 3 rings (SSSR count). The van der Waals surface area contributed by atoms with Crippen molar-refractivity contribution in [2.45, 2.75) is 58.4 Å². The van der Waals surface area contributed by atoms with E-state index in [1.807, 2.05) is 0 Å². The van der Waals surface area contributed by atoms with Crippen molar-refractivity contribution in [3.63, 3.8) is 0 Å². The van der Waals surface area contributed by atoms with Crippen LogP contribution in [0.1, 0.15) is 48.4 Å². The number of rotatable bonds is 27. The highest BCUT2D eigenvalue weighted by Gasteiger charge is 2.53. The summed E-state index contributed by atoms with van der Waals surface area (Å²) in [5.74, 6) is -6.16. The molecule has 0 aliphatic carbocycles. The molecule has 0 radical (unpaired) electrons. The van der Waals surface area contributed by atoms with Gasteiger partial charge in [0.1, 0.15) is 24.2 Å². The van der Waals surface area contributed by atoms with Crippen LogP contribution in [0.3, 0.4) is 0 Å². The average Bonchev–Trinajstić information content (AvgIpc) is 3.23. The van der Waals surface area contributed by atoms with Gasteiger partial charge in [-0.3, -0.25) is 28.8 Å². The topological polar surface area (TPSA) is 317 Å². The SMILES string of the molecule is COc1cc(OS(=O)(=O)Oc2cc(C(=O)NCCOCCOCCOCCN=[N+]=[N-])ccc2OC2O[C@H](COC(C)=O)[C@H](OC(C)=O)[C@H](OC(C)=O)[C@H]2OC(C)=O)cc(OC)c1C=O. The number of benzene rings is 2. The number of ether oxygens (including phenoxy) is 11. The molecule has 1 N–H and O–H groups in total. The Labute approximate surface area is 366 Å².